The van der Waals surface area contributed by atoms with Crippen molar-refractivity contribution in [1.29, 1.82) is 0 Å². The van der Waals surface area contributed by atoms with Crippen LogP contribution in [0.4, 0.5) is 5.69 Å². The smallest absolute Gasteiger partial charge is 0.238 e. The van der Waals surface area contributed by atoms with Crippen molar-refractivity contribution in [2.75, 3.05) is 26.0 Å². The van der Waals surface area contributed by atoms with Crippen LogP contribution in [-0.2, 0) is 0 Å². The summed E-state index contributed by atoms with van der Waals surface area (Å²) in [4.78, 5) is 27.4. The van der Waals surface area contributed by atoms with E-state index in [9.17, 15) is 9.59 Å². The first-order chi connectivity index (χ1) is 10.5. The number of anilines is 1. The fourth-order valence-corrected chi connectivity index (χ4v) is 2.83. The van der Waals surface area contributed by atoms with E-state index >= 15 is 0 Å². The number of carbonyl (C=O) groups excluding carboxylic acids is 2. The van der Waals surface area contributed by atoms with Gasteiger partial charge >= 0.3 is 0 Å². The monoisotopic (exact) mass is 328 g/mol. The molecule has 0 saturated carbocycles. The van der Waals surface area contributed by atoms with Crippen molar-refractivity contribution < 1.29 is 26.6 Å². The first kappa shape index (κ1) is 16.9. The minimum atomic E-state index is -0.0974. The molecule has 0 aromatic heterocycles. The number of halogens is 1. The zero-order valence-corrected chi connectivity index (χ0v) is 14.0. The summed E-state index contributed by atoms with van der Waals surface area (Å²) >= 11 is 0. The molecule has 0 N–H and O–H groups in total. The molecule has 0 saturated heterocycles. The molecule has 118 valence electrons. The van der Waals surface area contributed by atoms with Crippen LogP contribution in [0.2, 0.25) is 0 Å². The maximum atomic E-state index is 12.9. The molecule has 0 unspecified atom stereocenters. The van der Waals surface area contributed by atoms with Gasteiger partial charge in [-0.25, -0.2) is 4.90 Å². The maximum Gasteiger partial charge on any atom is 0.238 e. The highest BCUT2D eigenvalue weighted by Gasteiger charge is 2.33. The SMILES string of the molecule is CN(C=[N+](C)C)c1cccc2c1C(=O)c1ccccc1C2=O.[Cl-]. The Hall–Kier alpha value is -2.46. The molecule has 5 heteroatoms. The predicted octanol–water partition coefficient (Wildman–Crippen LogP) is -0.797. The van der Waals surface area contributed by atoms with Gasteiger partial charge in [-0.1, -0.05) is 30.3 Å². The Labute approximate surface area is 141 Å². The second-order valence-electron chi connectivity index (χ2n) is 5.59. The molecule has 0 bridgehead atoms. The predicted molar refractivity (Wildman–Crippen MR) is 86.3 cm³/mol. The van der Waals surface area contributed by atoms with Gasteiger partial charge in [0.1, 0.15) is 5.69 Å². The van der Waals surface area contributed by atoms with Gasteiger partial charge in [0.25, 0.3) is 0 Å². The number of carbonyl (C=O) groups is 2. The lowest BCUT2D eigenvalue weighted by molar-refractivity contribution is -0.460. The minimum absolute atomic E-state index is 0. The molecule has 2 aromatic rings. The van der Waals surface area contributed by atoms with E-state index in [0.717, 1.165) is 5.69 Å². The third kappa shape index (κ3) is 2.78. The highest BCUT2D eigenvalue weighted by molar-refractivity contribution is 6.30. The Morgan fingerprint density at radius 1 is 0.870 bits per heavy atom. The second kappa shape index (κ2) is 6.34. The van der Waals surface area contributed by atoms with Crippen LogP contribution >= 0.6 is 0 Å². The zero-order chi connectivity index (χ0) is 15.9. The topological polar surface area (TPSA) is 40.4 Å². The Balaban J connectivity index is 0.00000192. The fourth-order valence-electron chi connectivity index (χ4n) is 2.83. The van der Waals surface area contributed by atoms with Gasteiger partial charge in [0.05, 0.1) is 26.7 Å². The third-order valence-electron chi connectivity index (χ3n) is 3.71. The second-order valence-corrected chi connectivity index (χ2v) is 5.59. The molecule has 0 aliphatic heterocycles. The summed E-state index contributed by atoms with van der Waals surface area (Å²) in [5.41, 5.74) is 2.65. The van der Waals surface area contributed by atoms with E-state index in [1.165, 1.54) is 0 Å². The zero-order valence-electron chi connectivity index (χ0n) is 13.2. The van der Waals surface area contributed by atoms with Gasteiger partial charge in [0, 0.05) is 16.7 Å². The van der Waals surface area contributed by atoms with Crippen molar-refractivity contribution in [2.45, 2.75) is 0 Å². The summed E-state index contributed by atoms with van der Waals surface area (Å²) in [5, 5.41) is 0. The average Bonchev–Trinajstić information content (AvgIpc) is 2.51. The Morgan fingerprint density at radius 3 is 2.04 bits per heavy atom. The number of benzene rings is 2. The van der Waals surface area contributed by atoms with Crippen molar-refractivity contribution in [2.24, 2.45) is 0 Å². The Morgan fingerprint density at radius 2 is 1.43 bits per heavy atom. The highest BCUT2D eigenvalue weighted by atomic mass is 35.5. The van der Waals surface area contributed by atoms with E-state index in [1.807, 2.05) is 49.1 Å². The number of nitrogens with zero attached hydrogens (tertiary/aromatic N) is 2. The molecule has 0 amide bonds. The molecule has 0 spiro atoms. The largest absolute Gasteiger partial charge is 1.00 e. The third-order valence-corrected chi connectivity index (χ3v) is 3.71. The van der Waals surface area contributed by atoms with Crippen LogP contribution in [-0.4, -0.2) is 43.6 Å². The average molecular weight is 329 g/mol. The van der Waals surface area contributed by atoms with Crippen LogP contribution in [0.25, 0.3) is 0 Å². The van der Waals surface area contributed by atoms with Crippen molar-refractivity contribution in [3.8, 4) is 0 Å². The molecular formula is C18H17ClN2O2. The van der Waals surface area contributed by atoms with Crippen LogP contribution in [0.15, 0.2) is 42.5 Å². The van der Waals surface area contributed by atoms with E-state index in [-0.39, 0.29) is 24.0 Å². The van der Waals surface area contributed by atoms with E-state index in [4.69, 9.17) is 0 Å². The highest BCUT2D eigenvalue weighted by Crippen LogP contribution is 2.32. The molecular weight excluding hydrogens is 312 g/mol. The van der Waals surface area contributed by atoms with Crippen molar-refractivity contribution >= 4 is 23.6 Å². The van der Waals surface area contributed by atoms with Crippen molar-refractivity contribution in [3.63, 3.8) is 0 Å². The molecule has 0 radical (unpaired) electrons. The number of ketones is 2. The lowest BCUT2D eigenvalue weighted by Gasteiger charge is -2.20. The fraction of sp³-hybridized carbons (Fsp3) is 0.167. The summed E-state index contributed by atoms with van der Waals surface area (Å²) in [5.74, 6) is -0.190. The Kier molecular flexibility index (Phi) is 4.66. The van der Waals surface area contributed by atoms with Gasteiger partial charge in [-0.3, -0.25) is 14.2 Å². The van der Waals surface area contributed by atoms with Crippen LogP contribution in [0.3, 0.4) is 0 Å². The normalized spacial score (nSPS) is 12.0. The van der Waals surface area contributed by atoms with Gasteiger partial charge in [0.2, 0.25) is 6.34 Å². The Bertz CT molecular complexity index is 824. The van der Waals surface area contributed by atoms with Gasteiger partial charge in [-0.2, -0.15) is 0 Å². The molecule has 1 aliphatic rings. The van der Waals surface area contributed by atoms with Crippen molar-refractivity contribution in [1.82, 2.24) is 0 Å². The summed E-state index contributed by atoms with van der Waals surface area (Å²) < 4.78 is 1.89. The summed E-state index contributed by atoms with van der Waals surface area (Å²) in [6.07, 6.45) is 1.87. The quantitative estimate of drug-likeness (QED) is 0.351. The van der Waals surface area contributed by atoms with E-state index < -0.39 is 0 Å². The molecule has 1 aliphatic carbocycles. The van der Waals surface area contributed by atoms with E-state index in [1.54, 1.807) is 30.3 Å². The van der Waals surface area contributed by atoms with Crippen LogP contribution < -0.4 is 17.3 Å². The lowest BCUT2D eigenvalue weighted by Crippen LogP contribution is -3.00. The molecule has 0 atom stereocenters. The summed E-state index contributed by atoms with van der Waals surface area (Å²) in [7, 11) is 5.69. The molecule has 4 nitrogen and oxygen atoms in total. The number of fused-ring (bicyclic) bond motifs is 2. The minimum Gasteiger partial charge on any atom is -1.00 e. The summed E-state index contributed by atoms with van der Waals surface area (Å²) in [6.45, 7) is 0. The maximum absolute atomic E-state index is 12.9. The van der Waals surface area contributed by atoms with Gasteiger partial charge < -0.3 is 12.4 Å². The summed E-state index contributed by atoms with van der Waals surface area (Å²) in [6, 6.07) is 12.4. The number of hydrogen-bond donors (Lipinski definition) is 0. The van der Waals surface area contributed by atoms with Gasteiger partial charge in [-0.05, 0) is 12.1 Å². The first-order valence-corrected chi connectivity index (χ1v) is 7.06. The lowest BCUT2D eigenvalue weighted by atomic mass is 9.83. The number of rotatable bonds is 2. The molecule has 23 heavy (non-hydrogen) atoms. The number of hydrogen-bond acceptors (Lipinski definition) is 2. The molecule has 2 aromatic carbocycles. The van der Waals surface area contributed by atoms with E-state index in [2.05, 4.69) is 0 Å². The van der Waals surface area contributed by atoms with Crippen molar-refractivity contribution in [3.05, 3.63) is 64.7 Å². The molecule has 0 heterocycles. The van der Waals surface area contributed by atoms with E-state index in [0.29, 0.717) is 22.3 Å². The van der Waals surface area contributed by atoms with Gasteiger partial charge in [-0.15, -0.1) is 0 Å². The van der Waals surface area contributed by atoms with Gasteiger partial charge in [0.15, 0.2) is 11.6 Å². The van der Waals surface area contributed by atoms with Crippen LogP contribution in [0.5, 0.6) is 0 Å². The standard InChI is InChI=1S/C18H17N2O2.ClH/c1-19(2)11-20(3)15-10-6-9-14-16(15)18(22)13-8-5-4-7-12(13)17(14)21;/h4-11H,1-3H3;1H/q+1;/p-1. The molecule has 3 rings (SSSR count). The molecule has 0 fully saturated rings. The first-order valence-electron chi connectivity index (χ1n) is 7.06. The van der Waals surface area contributed by atoms with Crippen LogP contribution in [0, 0.1) is 0 Å². The van der Waals surface area contributed by atoms with Crippen LogP contribution in [0.1, 0.15) is 31.8 Å².